The molecule has 6 nitrogen and oxygen atoms in total. The summed E-state index contributed by atoms with van der Waals surface area (Å²) in [5, 5.41) is 13.0. The summed E-state index contributed by atoms with van der Waals surface area (Å²) in [7, 11) is 0. The maximum absolute atomic E-state index is 14.4. The van der Waals surface area contributed by atoms with E-state index in [1.54, 1.807) is 26.0 Å². The lowest BCUT2D eigenvalue weighted by Gasteiger charge is -2.08. The van der Waals surface area contributed by atoms with Crippen LogP contribution in [0, 0.1) is 26.6 Å². The van der Waals surface area contributed by atoms with E-state index >= 15 is 0 Å². The molecule has 0 atom stereocenters. The van der Waals surface area contributed by atoms with Crippen molar-refractivity contribution in [1.82, 2.24) is 14.6 Å². The first-order chi connectivity index (χ1) is 10.8. The highest BCUT2D eigenvalue weighted by molar-refractivity contribution is 5.89. The Labute approximate surface area is 130 Å². The van der Waals surface area contributed by atoms with Gasteiger partial charge in [0.25, 0.3) is 5.56 Å². The first-order valence-corrected chi connectivity index (χ1v) is 6.93. The highest BCUT2D eigenvalue weighted by Gasteiger charge is 2.19. The minimum atomic E-state index is -1.22. The van der Waals surface area contributed by atoms with Gasteiger partial charge in [-0.3, -0.25) is 4.79 Å². The fraction of sp³-hybridized carbons (Fsp3) is 0.188. The maximum Gasteiger partial charge on any atom is 0.356 e. The maximum atomic E-state index is 14.4. The highest BCUT2D eigenvalue weighted by atomic mass is 19.1. The minimum Gasteiger partial charge on any atom is -0.476 e. The van der Waals surface area contributed by atoms with Crippen LogP contribution in [-0.2, 0) is 0 Å². The number of hydrogen-bond acceptors (Lipinski definition) is 3. The largest absolute Gasteiger partial charge is 0.476 e. The summed E-state index contributed by atoms with van der Waals surface area (Å²) in [5.41, 5.74) is 1.45. The summed E-state index contributed by atoms with van der Waals surface area (Å²) in [4.78, 5) is 26.0. The van der Waals surface area contributed by atoms with E-state index in [4.69, 9.17) is 5.11 Å². The van der Waals surface area contributed by atoms with Crippen molar-refractivity contribution in [2.45, 2.75) is 20.8 Å². The summed E-state index contributed by atoms with van der Waals surface area (Å²) < 4.78 is 15.6. The van der Waals surface area contributed by atoms with Crippen molar-refractivity contribution < 1.29 is 14.3 Å². The molecule has 0 saturated carbocycles. The summed E-state index contributed by atoms with van der Waals surface area (Å²) in [6, 6.07) is 3.33. The van der Waals surface area contributed by atoms with E-state index in [-0.39, 0.29) is 28.0 Å². The molecular formula is C16H14FN3O3. The number of H-pyrrole nitrogens is 1. The van der Waals surface area contributed by atoms with Crippen molar-refractivity contribution in [2.24, 2.45) is 0 Å². The Morgan fingerprint density at radius 2 is 1.96 bits per heavy atom. The molecule has 0 spiro atoms. The van der Waals surface area contributed by atoms with Crippen LogP contribution >= 0.6 is 0 Å². The highest BCUT2D eigenvalue weighted by Crippen LogP contribution is 2.25. The average molecular weight is 315 g/mol. The van der Waals surface area contributed by atoms with E-state index in [9.17, 15) is 14.0 Å². The monoisotopic (exact) mass is 315 g/mol. The zero-order valence-electron chi connectivity index (χ0n) is 12.8. The molecule has 0 amide bonds. The number of aromatic carboxylic acids is 1. The summed E-state index contributed by atoms with van der Waals surface area (Å²) >= 11 is 0. The molecule has 0 unspecified atom stereocenters. The molecule has 0 aliphatic heterocycles. The lowest BCUT2D eigenvalue weighted by Crippen LogP contribution is -2.12. The first kappa shape index (κ1) is 15.0. The van der Waals surface area contributed by atoms with Crippen molar-refractivity contribution in [3.63, 3.8) is 0 Å². The number of aryl methyl sites for hydroxylation is 2. The van der Waals surface area contributed by atoms with Gasteiger partial charge in [0, 0.05) is 11.1 Å². The molecule has 2 N–H and O–H groups in total. The number of aromatic amines is 1. The van der Waals surface area contributed by atoms with Crippen LogP contribution < -0.4 is 5.56 Å². The molecule has 3 aromatic rings. The van der Waals surface area contributed by atoms with Crippen LogP contribution in [0.15, 0.2) is 23.1 Å². The van der Waals surface area contributed by atoms with Crippen LogP contribution in [0.25, 0.3) is 16.8 Å². The van der Waals surface area contributed by atoms with Gasteiger partial charge in [-0.15, -0.1) is 0 Å². The second-order valence-corrected chi connectivity index (χ2v) is 5.44. The van der Waals surface area contributed by atoms with Gasteiger partial charge in [-0.1, -0.05) is 6.07 Å². The minimum absolute atomic E-state index is 0.135. The van der Waals surface area contributed by atoms with E-state index in [0.29, 0.717) is 5.56 Å². The molecule has 7 heteroatoms. The Balaban J connectivity index is 2.31. The van der Waals surface area contributed by atoms with Gasteiger partial charge in [0.1, 0.15) is 11.3 Å². The van der Waals surface area contributed by atoms with Gasteiger partial charge in [-0.05, 0) is 38.0 Å². The van der Waals surface area contributed by atoms with Crippen LogP contribution in [0.3, 0.4) is 0 Å². The standard InChI is InChI=1S/C16H14FN3O3/c1-7-4-5-10(12(17)8(7)2)11-6-20-14(15(21)18-11)9(3)13(19-20)16(22)23/h4-6H,1-3H3,(H,18,21)(H,22,23). The predicted molar refractivity (Wildman–Crippen MR) is 82.4 cm³/mol. The third-order valence-corrected chi connectivity index (χ3v) is 4.01. The van der Waals surface area contributed by atoms with E-state index in [1.165, 1.54) is 17.6 Å². The van der Waals surface area contributed by atoms with E-state index in [0.717, 1.165) is 5.56 Å². The van der Waals surface area contributed by atoms with Crippen LogP contribution in [-0.4, -0.2) is 25.7 Å². The number of carboxylic acids is 1. The Hall–Kier alpha value is -2.96. The van der Waals surface area contributed by atoms with Crippen LogP contribution in [0.2, 0.25) is 0 Å². The molecule has 0 aliphatic carbocycles. The van der Waals surface area contributed by atoms with Gasteiger partial charge in [0.05, 0.1) is 11.9 Å². The molecule has 0 radical (unpaired) electrons. The zero-order chi connectivity index (χ0) is 16.9. The van der Waals surface area contributed by atoms with Gasteiger partial charge in [0.15, 0.2) is 5.69 Å². The Morgan fingerprint density at radius 1 is 1.26 bits per heavy atom. The van der Waals surface area contributed by atoms with E-state index in [2.05, 4.69) is 10.1 Å². The van der Waals surface area contributed by atoms with Crippen molar-refractivity contribution in [1.29, 1.82) is 0 Å². The second-order valence-electron chi connectivity index (χ2n) is 5.44. The van der Waals surface area contributed by atoms with Gasteiger partial charge in [-0.2, -0.15) is 5.10 Å². The number of hydrogen-bond donors (Lipinski definition) is 2. The van der Waals surface area contributed by atoms with Crippen molar-refractivity contribution in [3.05, 3.63) is 56.9 Å². The van der Waals surface area contributed by atoms with Crippen molar-refractivity contribution in [2.75, 3.05) is 0 Å². The molecule has 0 saturated heterocycles. The first-order valence-electron chi connectivity index (χ1n) is 6.93. The number of carboxylic acid groups (broad SMARTS) is 1. The Kier molecular flexibility index (Phi) is 3.28. The summed E-state index contributed by atoms with van der Waals surface area (Å²) in [6.07, 6.45) is 1.42. The third kappa shape index (κ3) is 2.21. The Bertz CT molecular complexity index is 1020. The number of rotatable bonds is 2. The number of nitrogens with zero attached hydrogens (tertiary/aromatic N) is 2. The van der Waals surface area contributed by atoms with E-state index < -0.39 is 17.3 Å². The van der Waals surface area contributed by atoms with Crippen molar-refractivity contribution >= 4 is 11.5 Å². The summed E-state index contributed by atoms with van der Waals surface area (Å²) in [6.45, 7) is 4.97. The predicted octanol–water partition coefficient (Wildman–Crippen LogP) is 2.45. The number of carbonyl (C=O) groups is 1. The van der Waals surface area contributed by atoms with Crippen LogP contribution in [0.4, 0.5) is 4.39 Å². The molecule has 0 aliphatic rings. The smallest absolute Gasteiger partial charge is 0.356 e. The number of halogens is 1. The number of nitrogens with one attached hydrogen (secondary N) is 1. The third-order valence-electron chi connectivity index (χ3n) is 4.01. The second kappa shape index (κ2) is 5.05. The molecular weight excluding hydrogens is 301 g/mol. The molecule has 23 heavy (non-hydrogen) atoms. The molecule has 2 aromatic heterocycles. The van der Waals surface area contributed by atoms with E-state index in [1.807, 2.05) is 0 Å². The molecule has 0 bridgehead atoms. The molecule has 1 aromatic carbocycles. The SMILES string of the molecule is Cc1ccc(-c2cn3nc(C(=O)O)c(C)c3c(=O)[nH]2)c(F)c1C. The van der Waals surface area contributed by atoms with Gasteiger partial charge < -0.3 is 10.1 Å². The molecule has 2 heterocycles. The molecule has 3 rings (SSSR count). The number of benzene rings is 1. The van der Waals surface area contributed by atoms with Gasteiger partial charge in [-0.25, -0.2) is 13.7 Å². The van der Waals surface area contributed by atoms with Gasteiger partial charge in [0.2, 0.25) is 0 Å². The Morgan fingerprint density at radius 3 is 2.61 bits per heavy atom. The van der Waals surface area contributed by atoms with Crippen LogP contribution in [0.5, 0.6) is 0 Å². The summed E-state index contributed by atoms with van der Waals surface area (Å²) in [5.74, 6) is -1.65. The topological polar surface area (TPSA) is 87.5 Å². The average Bonchev–Trinajstić information content (AvgIpc) is 2.82. The lowest BCUT2D eigenvalue weighted by molar-refractivity contribution is 0.0689. The zero-order valence-corrected chi connectivity index (χ0v) is 12.8. The number of aromatic nitrogens is 3. The molecule has 118 valence electrons. The fourth-order valence-electron chi connectivity index (χ4n) is 2.55. The van der Waals surface area contributed by atoms with Gasteiger partial charge >= 0.3 is 5.97 Å². The fourth-order valence-corrected chi connectivity index (χ4v) is 2.55. The lowest BCUT2D eigenvalue weighted by atomic mass is 10.0. The number of fused-ring (bicyclic) bond motifs is 1. The van der Waals surface area contributed by atoms with Crippen LogP contribution in [0.1, 0.15) is 27.2 Å². The normalized spacial score (nSPS) is 11.1. The molecule has 0 fully saturated rings. The van der Waals surface area contributed by atoms with Crippen molar-refractivity contribution in [3.8, 4) is 11.3 Å². The quantitative estimate of drug-likeness (QED) is 0.760.